The van der Waals surface area contributed by atoms with Crippen molar-refractivity contribution in [2.24, 2.45) is 5.92 Å². The minimum absolute atomic E-state index is 0.0370. The molecule has 1 aliphatic rings. The molecule has 2 aromatic carbocycles. The van der Waals surface area contributed by atoms with Crippen LogP contribution >= 0.6 is 11.6 Å². The van der Waals surface area contributed by atoms with E-state index in [1.807, 2.05) is 48.7 Å². The normalized spacial score (nSPS) is 17.0. The van der Waals surface area contributed by atoms with Crippen molar-refractivity contribution in [1.82, 2.24) is 14.6 Å². The molecule has 0 aliphatic carbocycles. The lowest BCUT2D eigenvalue weighted by Crippen LogP contribution is -2.43. The van der Waals surface area contributed by atoms with E-state index in [9.17, 15) is 13.2 Å². The third-order valence-electron chi connectivity index (χ3n) is 6.05. The first kappa shape index (κ1) is 21.9. The minimum atomic E-state index is -3.21. The van der Waals surface area contributed by atoms with Gasteiger partial charge in [-0.2, -0.15) is 0 Å². The number of sulfonamides is 1. The molecule has 0 bridgehead atoms. The van der Waals surface area contributed by atoms with Crippen LogP contribution in [0.2, 0.25) is 5.02 Å². The predicted octanol–water partition coefficient (Wildman–Crippen LogP) is 3.74. The van der Waals surface area contributed by atoms with Gasteiger partial charge in [0.05, 0.1) is 6.26 Å². The molecule has 1 amide bonds. The Labute approximate surface area is 187 Å². The highest BCUT2D eigenvalue weighted by Crippen LogP contribution is 2.34. The lowest BCUT2D eigenvalue weighted by Gasteiger charge is -2.30. The Morgan fingerprint density at radius 1 is 1.13 bits per heavy atom. The van der Waals surface area contributed by atoms with Crippen molar-refractivity contribution in [3.63, 3.8) is 0 Å². The number of benzene rings is 2. The van der Waals surface area contributed by atoms with Gasteiger partial charge in [-0.15, -0.1) is 0 Å². The van der Waals surface area contributed by atoms with E-state index in [0.717, 1.165) is 22.0 Å². The summed E-state index contributed by atoms with van der Waals surface area (Å²) in [6.45, 7) is 1.18. The Morgan fingerprint density at radius 2 is 1.81 bits per heavy atom. The highest BCUT2D eigenvalue weighted by atomic mass is 35.5. The maximum atomic E-state index is 12.9. The van der Waals surface area contributed by atoms with E-state index in [1.54, 1.807) is 0 Å². The first-order chi connectivity index (χ1) is 14.8. The number of piperidine rings is 1. The Hall–Kier alpha value is -2.35. The second-order valence-electron chi connectivity index (χ2n) is 8.05. The van der Waals surface area contributed by atoms with Crippen LogP contribution in [0.15, 0.2) is 54.7 Å². The number of fused-ring (bicyclic) bond motifs is 1. The van der Waals surface area contributed by atoms with Gasteiger partial charge in [-0.1, -0.05) is 48.0 Å². The Morgan fingerprint density at radius 3 is 2.52 bits per heavy atom. The number of nitrogens with one attached hydrogen (secondary N) is 2. The van der Waals surface area contributed by atoms with Crippen molar-refractivity contribution >= 4 is 38.4 Å². The zero-order chi connectivity index (χ0) is 22.0. The number of hydrogen-bond donors (Lipinski definition) is 2. The van der Waals surface area contributed by atoms with Crippen LogP contribution in [-0.4, -0.2) is 49.5 Å². The molecule has 2 N–H and O–H groups in total. The van der Waals surface area contributed by atoms with Gasteiger partial charge in [-0.25, -0.2) is 12.7 Å². The van der Waals surface area contributed by atoms with Gasteiger partial charge in [-0.05, 0) is 36.1 Å². The van der Waals surface area contributed by atoms with Gasteiger partial charge in [0.2, 0.25) is 15.9 Å². The fourth-order valence-electron chi connectivity index (χ4n) is 4.32. The second-order valence-corrected chi connectivity index (χ2v) is 10.4. The maximum Gasteiger partial charge on any atom is 0.223 e. The van der Waals surface area contributed by atoms with E-state index in [0.29, 0.717) is 37.5 Å². The van der Waals surface area contributed by atoms with Gasteiger partial charge in [0.1, 0.15) is 0 Å². The number of hydrogen-bond acceptors (Lipinski definition) is 3. The molecule has 1 aromatic heterocycles. The summed E-state index contributed by atoms with van der Waals surface area (Å²) in [6.07, 6.45) is 4.25. The number of carbonyl (C=O) groups is 1. The zero-order valence-corrected chi connectivity index (χ0v) is 18.9. The number of H-pyrrole nitrogens is 1. The summed E-state index contributed by atoms with van der Waals surface area (Å²) in [5, 5.41) is 4.87. The molecule has 0 radical (unpaired) electrons. The van der Waals surface area contributed by atoms with Gasteiger partial charge in [0.25, 0.3) is 0 Å². The van der Waals surface area contributed by atoms with Crippen LogP contribution in [-0.2, 0) is 14.8 Å². The summed E-state index contributed by atoms with van der Waals surface area (Å²) in [6, 6.07) is 15.8. The first-order valence-corrected chi connectivity index (χ1v) is 12.6. The topological polar surface area (TPSA) is 82.3 Å². The second kappa shape index (κ2) is 9.02. The quantitative estimate of drug-likeness (QED) is 0.589. The summed E-state index contributed by atoms with van der Waals surface area (Å²) in [5.41, 5.74) is 3.08. The molecule has 0 saturated carbocycles. The molecule has 1 saturated heterocycles. The van der Waals surface area contributed by atoms with Crippen molar-refractivity contribution in [3.8, 4) is 0 Å². The molecule has 3 aromatic rings. The Balaban J connectivity index is 1.53. The van der Waals surface area contributed by atoms with E-state index in [2.05, 4.69) is 16.4 Å². The number of amides is 1. The van der Waals surface area contributed by atoms with Crippen LogP contribution in [0.25, 0.3) is 10.9 Å². The number of rotatable bonds is 6. The van der Waals surface area contributed by atoms with Crippen molar-refractivity contribution in [1.29, 1.82) is 0 Å². The average Bonchev–Trinajstić information content (AvgIpc) is 3.18. The first-order valence-electron chi connectivity index (χ1n) is 10.4. The standard InChI is InChI=1S/C23H26ClN3O3S/c1-31(29,30)27-12-10-16(11-13-27)23(28)26-15-19(17-6-2-4-8-21(17)24)20-14-25-22-9-5-3-7-18(20)22/h2-9,14,16,19,25H,10-13,15H2,1H3,(H,26,28). The molecule has 1 fully saturated rings. The van der Waals surface area contributed by atoms with E-state index >= 15 is 0 Å². The molecule has 31 heavy (non-hydrogen) atoms. The van der Waals surface area contributed by atoms with E-state index in [1.165, 1.54) is 10.6 Å². The van der Waals surface area contributed by atoms with Crippen LogP contribution in [0.5, 0.6) is 0 Å². The van der Waals surface area contributed by atoms with E-state index in [4.69, 9.17) is 11.6 Å². The van der Waals surface area contributed by atoms with Crippen molar-refractivity contribution in [2.75, 3.05) is 25.9 Å². The van der Waals surface area contributed by atoms with E-state index in [-0.39, 0.29) is 17.7 Å². The summed E-state index contributed by atoms with van der Waals surface area (Å²) >= 11 is 6.52. The Kier molecular flexibility index (Phi) is 6.36. The molecule has 4 rings (SSSR count). The summed E-state index contributed by atoms with van der Waals surface area (Å²) in [7, 11) is -3.21. The number of halogens is 1. The number of aromatic nitrogens is 1. The van der Waals surface area contributed by atoms with Gasteiger partial charge in [0, 0.05) is 53.6 Å². The van der Waals surface area contributed by atoms with Gasteiger partial charge < -0.3 is 10.3 Å². The van der Waals surface area contributed by atoms with Gasteiger partial charge in [-0.3, -0.25) is 4.79 Å². The SMILES string of the molecule is CS(=O)(=O)N1CCC(C(=O)NCC(c2ccccc2Cl)c2c[nH]c3ccccc23)CC1. The average molecular weight is 460 g/mol. The van der Waals surface area contributed by atoms with Crippen LogP contribution in [0, 0.1) is 5.92 Å². The smallest absolute Gasteiger partial charge is 0.223 e. The molecule has 6 nitrogen and oxygen atoms in total. The molecule has 8 heteroatoms. The highest BCUT2D eigenvalue weighted by Gasteiger charge is 2.29. The third-order valence-corrected chi connectivity index (χ3v) is 7.70. The number of para-hydroxylation sites is 1. The zero-order valence-electron chi connectivity index (χ0n) is 17.3. The maximum absolute atomic E-state index is 12.9. The Bertz CT molecular complexity index is 1180. The minimum Gasteiger partial charge on any atom is -0.361 e. The molecule has 1 aliphatic heterocycles. The number of aromatic amines is 1. The van der Waals surface area contributed by atoms with Crippen molar-refractivity contribution < 1.29 is 13.2 Å². The molecular weight excluding hydrogens is 434 g/mol. The van der Waals surface area contributed by atoms with Crippen molar-refractivity contribution in [3.05, 3.63) is 70.9 Å². The lowest BCUT2D eigenvalue weighted by molar-refractivity contribution is -0.126. The van der Waals surface area contributed by atoms with Crippen LogP contribution in [0.1, 0.15) is 29.9 Å². The number of nitrogens with zero attached hydrogens (tertiary/aromatic N) is 1. The van der Waals surface area contributed by atoms with Crippen LogP contribution in [0.3, 0.4) is 0 Å². The summed E-state index contributed by atoms with van der Waals surface area (Å²) in [4.78, 5) is 16.2. The molecular formula is C23H26ClN3O3S. The predicted molar refractivity (Wildman–Crippen MR) is 124 cm³/mol. The number of carbonyl (C=O) groups excluding carboxylic acids is 1. The largest absolute Gasteiger partial charge is 0.361 e. The van der Waals surface area contributed by atoms with Crippen LogP contribution < -0.4 is 5.32 Å². The molecule has 164 valence electrons. The fourth-order valence-corrected chi connectivity index (χ4v) is 5.47. The van der Waals surface area contributed by atoms with Gasteiger partial charge >= 0.3 is 0 Å². The lowest BCUT2D eigenvalue weighted by atomic mass is 9.90. The van der Waals surface area contributed by atoms with E-state index < -0.39 is 10.0 Å². The molecule has 1 atom stereocenters. The fraction of sp³-hybridized carbons (Fsp3) is 0.348. The summed E-state index contributed by atoms with van der Waals surface area (Å²) < 4.78 is 24.9. The highest BCUT2D eigenvalue weighted by molar-refractivity contribution is 7.88. The third kappa shape index (κ3) is 4.79. The monoisotopic (exact) mass is 459 g/mol. The molecule has 0 spiro atoms. The summed E-state index contributed by atoms with van der Waals surface area (Å²) in [5.74, 6) is -0.331. The van der Waals surface area contributed by atoms with Gasteiger partial charge in [0.15, 0.2) is 0 Å². The van der Waals surface area contributed by atoms with Crippen LogP contribution in [0.4, 0.5) is 0 Å². The molecule has 2 heterocycles. The molecule has 1 unspecified atom stereocenters. The van der Waals surface area contributed by atoms with Crippen molar-refractivity contribution in [2.45, 2.75) is 18.8 Å².